The van der Waals surface area contributed by atoms with Crippen LogP contribution in [0.2, 0.25) is 0 Å². The van der Waals surface area contributed by atoms with Crippen LogP contribution in [-0.4, -0.2) is 23.3 Å². The van der Waals surface area contributed by atoms with Gasteiger partial charge in [0.25, 0.3) is 5.91 Å². The highest BCUT2D eigenvalue weighted by atomic mass is 16.2. The van der Waals surface area contributed by atoms with Crippen molar-refractivity contribution in [1.82, 2.24) is 4.90 Å². The van der Waals surface area contributed by atoms with Gasteiger partial charge in [-0.05, 0) is 29.8 Å². The molecule has 0 aromatic heterocycles. The minimum atomic E-state index is -0.547. The Balaban J connectivity index is 2.20. The monoisotopic (exact) mass is 283 g/mol. The topological polar surface area (TPSA) is 89.4 Å². The molecule has 4 N–H and O–H groups in total. The Labute approximate surface area is 123 Å². The van der Waals surface area contributed by atoms with Crippen molar-refractivity contribution in [2.75, 3.05) is 12.3 Å². The average Bonchev–Trinajstić information content (AvgIpc) is 2.48. The van der Waals surface area contributed by atoms with E-state index in [1.807, 2.05) is 18.2 Å². The molecule has 2 aromatic carbocycles. The molecule has 2 amide bonds. The van der Waals surface area contributed by atoms with E-state index in [4.69, 9.17) is 11.5 Å². The maximum Gasteiger partial charge on any atom is 0.254 e. The lowest BCUT2D eigenvalue weighted by Crippen LogP contribution is -2.38. The van der Waals surface area contributed by atoms with Crippen molar-refractivity contribution < 1.29 is 9.59 Å². The van der Waals surface area contributed by atoms with Gasteiger partial charge in [0.15, 0.2) is 0 Å². The summed E-state index contributed by atoms with van der Waals surface area (Å²) in [6.07, 6.45) is 0. The average molecular weight is 283 g/mol. The zero-order chi connectivity index (χ0) is 15.2. The number of rotatable bonds is 5. The van der Waals surface area contributed by atoms with Gasteiger partial charge in [0.1, 0.15) is 0 Å². The van der Waals surface area contributed by atoms with Gasteiger partial charge in [0.2, 0.25) is 5.91 Å². The van der Waals surface area contributed by atoms with Crippen LogP contribution in [0.1, 0.15) is 15.9 Å². The number of hydrogen-bond acceptors (Lipinski definition) is 3. The number of amides is 2. The molecule has 0 spiro atoms. The molecule has 0 atom stereocenters. The van der Waals surface area contributed by atoms with Gasteiger partial charge >= 0.3 is 0 Å². The summed E-state index contributed by atoms with van der Waals surface area (Å²) < 4.78 is 0. The molecular weight excluding hydrogens is 266 g/mol. The Morgan fingerprint density at radius 1 is 0.952 bits per heavy atom. The van der Waals surface area contributed by atoms with E-state index in [-0.39, 0.29) is 12.5 Å². The summed E-state index contributed by atoms with van der Waals surface area (Å²) in [5, 5.41) is 0. The number of carbonyl (C=O) groups excluding carboxylic acids is 2. The van der Waals surface area contributed by atoms with Crippen molar-refractivity contribution in [3.8, 4) is 0 Å². The fourth-order valence-electron chi connectivity index (χ4n) is 1.99. The summed E-state index contributed by atoms with van der Waals surface area (Å²) in [5.41, 5.74) is 12.9. The Morgan fingerprint density at radius 3 is 2.14 bits per heavy atom. The number of nitrogen functional groups attached to an aromatic ring is 1. The summed E-state index contributed by atoms with van der Waals surface area (Å²) in [6, 6.07) is 15.9. The van der Waals surface area contributed by atoms with Crippen LogP contribution in [0.3, 0.4) is 0 Å². The van der Waals surface area contributed by atoms with Crippen molar-refractivity contribution >= 4 is 17.5 Å². The second-order valence-corrected chi connectivity index (χ2v) is 4.74. The molecule has 21 heavy (non-hydrogen) atoms. The molecule has 2 aromatic rings. The first kappa shape index (κ1) is 14.6. The quantitative estimate of drug-likeness (QED) is 0.813. The van der Waals surface area contributed by atoms with Gasteiger partial charge in [0, 0.05) is 17.8 Å². The van der Waals surface area contributed by atoms with Crippen LogP contribution in [0, 0.1) is 0 Å². The molecule has 0 aliphatic heterocycles. The van der Waals surface area contributed by atoms with Gasteiger partial charge < -0.3 is 16.4 Å². The first-order valence-electron chi connectivity index (χ1n) is 6.53. The largest absolute Gasteiger partial charge is 0.399 e. The highest BCUT2D eigenvalue weighted by Crippen LogP contribution is 2.11. The normalized spacial score (nSPS) is 10.1. The number of anilines is 1. The first-order valence-corrected chi connectivity index (χ1v) is 6.53. The molecule has 0 radical (unpaired) electrons. The minimum absolute atomic E-state index is 0.127. The van der Waals surface area contributed by atoms with E-state index in [1.54, 1.807) is 36.4 Å². The van der Waals surface area contributed by atoms with Crippen LogP contribution in [-0.2, 0) is 11.3 Å². The summed E-state index contributed by atoms with van der Waals surface area (Å²) in [7, 11) is 0. The van der Waals surface area contributed by atoms with Crippen molar-refractivity contribution in [1.29, 1.82) is 0 Å². The Hall–Kier alpha value is -2.82. The van der Waals surface area contributed by atoms with Crippen molar-refractivity contribution in [3.05, 3.63) is 65.7 Å². The Morgan fingerprint density at radius 2 is 1.57 bits per heavy atom. The number of hydrogen-bond donors (Lipinski definition) is 2. The second-order valence-electron chi connectivity index (χ2n) is 4.74. The highest BCUT2D eigenvalue weighted by Gasteiger charge is 2.17. The molecule has 0 aliphatic carbocycles. The molecule has 0 heterocycles. The first-order chi connectivity index (χ1) is 10.1. The number of carbonyl (C=O) groups is 2. The second kappa shape index (κ2) is 6.56. The Bertz CT molecular complexity index is 624. The molecule has 0 bridgehead atoms. The number of primary amides is 1. The molecule has 0 unspecified atom stereocenters. The van der Waals surface area contributed by atoms with Gasteiger partial charge in [-0.3, -0.25) is 9.59 Å². The van der Waals surface area contributed by atoms with Crippen LogP contribution in [0.25, 0.3) is 0 Å². The van der Waals surface area contributed by atoms with Crippen molar-refractivity contribution in [3.63, 3.8) is 0 Å². The van der Waals surface area contributed by atoms with Crippen LogP contribution in [0.15, 0.2) is 54.6 Å². The lowest BCUT2D eigenvalue weighted by molar-refractivity contribution is -0.118. The fourth-order valence-corrected chi connectivity index (χ4v) is 1.99. The Kier molecular flexibility index (Phi) is 4.56. The van der Waals surface area contributed by atoms with E-state index in [0.29, 0.717) is 17.8 Å². The maximum absolute atomic E-state index is 12.4. The van der Waals surface area contributed by atoms with Gasteiger partial charge in [-0.25, -0.2) is 0 Å². The molecule has 0 saturated heterocycles. The molecule has 0 fully saturated rings. The third-order valence-corrected chi connectivity index (χ3v) is 3.01. The number of nitrogens with two attached hydrogens (primary N) is 2. The molecule has 5 nitrogen and oxygen atoms in total. The minimum Gasteiger partial charge on any atom is -0.399 e. The summed E-state index contributed by atoms with van der Waals surface area (Å²) in [6.45, 7) is 0.176. The number of nitrogens with zero attached hydrogens (tertiary/aromatic N) is 1. The zero-order valence-electron chi connectivity index (χ0n) is 11.5. The van der Waals surface area contributed by atoms with Crippen LogP contribution in [0.4, 0.5) is 5.69 Å². The van der Waals surface area contributed by atoms with E-state index in [2.05, 4.69) is 0 Å². The molecule has 5 heteroatoms. The van der Waals surface area contributed by atoms with Gasteiger partial charge in [-0.2, -0.15) is 0 Å². The third-order valence-electron chi connectivity index (χ3n) is 3.01. The summed E-state index contributed by atoms with van der Waals surface area (Å²) in [5.74, 6) is -0.777. The molecule has 0 saturated carbocycles. The molecule has 108 valence electrons. The fraction of sp³-hybridized carbons (Fsp3) is 0.125. The number of benzene rings is 2. The standard InChI is InChI=1S/C16H17N3O2/c17-14-8-6-12(7-9-14)10-19(11-15(18)20)16(21)13-4-2-1-3-5-13/h1-9H,10-11,17H2,(H2,18,20). The smallest absolute Gasteiger partial charge is 0.254 e. The maximum atomic E-state index is 12.4. The van der Waals surface area contributed by atoms with Crippen molar-refractivity contribution in [2.24, 2.45) is 5.73 Å². The lowest BCUT2D eigenvalue weighted by atomic mass is 10.1. The van der Waals surface area contributed by atoms with E-state index in [1.165, 1.54) is 4.90 Å². The van der Waals surface area contributed by atoms with E-state index >= 15 is 0 Å². The van der Waals surface area contributed by atoms with Crippen molar-refractivity contribution in [2.45, 2.75) is 6.54 Å². The van der Waals surface area contributed by atoms with Gasteiger partial charge in [-0.15, -0.1) is 0 Å². The van der Waals surface area contributed by atoms with E-state index in [9.17, 15) is 9.59 Å². The van der Waals surface area contributed by atoms with E-state index in [0.717, 1.165) is 5.56 Å². The van der Waals surface area contributed by atoms with E-state index < -0.39 is 5.91 Å². The van der Waals surface area contributed by atoms with Crippen LogP contribution >= 0.6 is 0 Å². The summed E-state index contributed by atoms with van der Waals surface area (Å²) >= 11 is 0. The molecular formula is C16H17N3O2. The predicted molar refractivity (Wildman–Crippen MR) is 81.2 cm³/mol. The third kappa shape index (κ3) is 4.07. The highest BCUT2D eigenvalue weighted by molar-refractivity contribution is 5.96. The molecule has 2 rings (SSSR count). The predicted octanol–water partition coefficient (Wildman–Crippen LogP) is 1.40. The van der Waals surface area contributed by atoms with Gasteiger partial charge in [0.05, 0.1) is 6.54 Å². The van der Waals surface area contributed by atoms with Gasteiger partial charge in [-0.1, -0.05) is 30.3 Å². The molecule has 0 aliphatic rings. The SMILES string of the molecule is NC(=O)CN(Cc1ccc(N)cc1)C(=O)c1ccccc1. The lowest BCUT2D eigenvalue weighted by Gasteiger charge is -2.21. The van der Waals surface area contributed by atoms with Crippen LogP contribution < -0.4 is 11.5 Å². The summed E-state index contributed by atoms with van der Waals surface area (Å²) in [4.78, 5) is 25.1. The zero-order valence-corrected chi connectivity index (χ0v) is 11.5. The van der Waals surface area contributed by atoms with Crippen LogP contribution in [0.5, 0.6) is 0 Å².